The Morgan fingerprint density at radius 1 is 0.889 bits per heavy atom. The summed E-state index contributed by atoms with van der Waals surface area (Å²) in [6.07, 6.45) is 6.48. The molecule has 6 rings (SSSR count). The molecule has 6 N–H and O–H groups in total. The molecular weight excluding hydrogens is 817 g/mol. The average Bonchev–Trinajstić information content (AvgIpc) is 3.89. The number of carbonyl (C=O) groups is 4. The number of nitrogen functional groups attached to an aromatic ring is 1. The number of aromatic hydroxyl groups is 1. The number of phenols is 1. The molecule has 0 radical (unpaired) electrons. The van der Waals surface area contributed by atoms with Crippen molar-refractivity contribution in [2.75, 3.05) is 43.4 Å². The third-order valence-electron chi connectivity index (χ3n) is 12.1. The number of phenolic OH excluding ortho intramolecular Hbond substituents is 1. The Morgan fingerprint density at radius 3 is 2.21 bits per heavy atom. The van der Waals surface area contributed by atoms with Gasteiger partial charge in [-0.3, -0.25) is 19.2 Å². The molecule has 2 aliphatic heterocycles. The number of thiophene rings is 1. The number of aryl methyl sites for hydroxylation is 1. The molecule has 0 unspecified atom stereocenters. The number of amides is 4. The number of anilines is 2. The Bertz CT molecular complexity index is 2180. The van der Waals surface area contributed by atoms with E-state index in [1.807, 2.05) is 62.1 Å². The highest BCUT2D eigenvalue weighted by molar-refractivity contribution is 7.13. The number of aliphatic hydroxyl groups is 1. The molecule has 2 aromatic carbocycles. The van der Waals surface area contributed by atoms with Gasteiger partial charge < -0.3 is 41.3 Å². The minimum atomic E-state index is -0.854. The van der Waals surface area contributed by atoms with Crippen molar-refractivity contribution < 1.29 is 29.4 Å². The lowest BCUT2D eigenvalue weighted by atomic mass is 9.85. The molecule has 2 aromatic heterocycles. The number of carbonyl (C=O) groups excluding carboxylic acids is 4. The molecule has 63 heavy (non-hydrogen) atoms. The lowest BCUT2D eigenvalue weighted by Gasteiger charge is -2.36. The number of benzene rings is 2. The fourth-order valence-corrected chi connectivity index (χ4v) is 9.30. The molecule has 0 spiro atoms. The van der Waals surface area contributed by atoms with Crippen LogP contribution in [0.1, 0.15) is 96.1 Å². The highest BCUT2D eigenvalue weighted by atomic mass is 32.1. The molecule has 0 bridgehead atoms. The van der Waals surface area contributed by atoms with Crippen LogP contribution in [0.5, 0.6) is 5.75 Å². The summed E-state index contributed by atoms with van der Waals surface area (Å²) >= 11 is 1.69. The van der Waals surface area contributed by atoms with Gasteiger partial charge >= 0.3 is 0 Å². The summed E-state index contributed by atoms with van der Waals surface area (Å²) in [5, 5.41) is 37.1. The van der Waals surface area contributed by atoms with Crippen molar-refractivity contribution in [3.8, 4) is 27.4 Å². The number of para-hydroxylation sites is 1. The maximum atomic E-state index is 14.0. The molecule has 0 saturated carbocycles. The predicted molar refractivity (Wildman–Crippen MR) is 248 cm³/mol. The lowest BCUT2D eigenvalue weighted by Crippen LogP contribution is -2.57. The second-order valence-corrected chi connectivity index (χ2v) is 18.9. The van der Waals surface area contributed by atoms with Crippen LogP contribution in [-0.2, 0) is 25.7 Å². The van der Waals surface area contributed by atoms with Crippen LogP contribution in [0.3, 0.4) is 0 Å². The van der Waals surface area contributed by atoms with Crippen LogP contribution in [0.15, 0.2) is 66.0 Å². The third kappa shape index (κ3) is 12.6. The van der Waals surface area contributed by atoms with E-state index in [0.29, 0.717) is 69.1 Å². The maximum absolute atomic E-state index is 14.0. The second kappa shape index (κ2) is 21.7. The van der Waals surface area contributed by atoms with Gasteiger partial charge in [0.25, 0.3) is 0 Å². The van der Waals surface area contributed by atoms with E-state index in [1.165, 1.54) is 15.3 Å². The molecule has 4 aromatic rings. The third-order valence-corrected chi connectivity index (χ3v) is 13.1. The van der Waals surface area contributed by atoms with Crippen molar-refractivity contribution in [1.82, 2.24) is 30.6 Å². The van der Waals surface area contributed by atoms with Gasteiger partial charge in [-0.1, -0.05) is 89.3 Å². The van der Waals surface area contributed by atoms with Crippen LogP contribution in [0.4, 0.5) is 11.5 Å². The Kier molecular flexibility index (Phi) is 16.2. The van der Waals surface area contributed by atoms with Crippen LogP contribution < -0.4 is 21.3 Å². The van der Waals surface area contributed by atoms with Crippen LogP contribution in [0, 0.1) is 12.3 Å². The number of unbranched alkanes of at least 4 members (excludes halogenated alkanes) is 6. The SMILES string of the molecule is Cc1ccsc1-c1ccc(CNC(=O)[C@@H]2C[C@@H](O)CN2C(=O)[C@@H](NC(=O)CCCCCCCCCC(=O)N2CCN(c3cc(-c4ccccc4O)nnc3N)CC2)C(C)(C)C)cc1. The number of β-amino-alcohol motifs (C(OH)–C–C–N with tert-alkyl or cyclic N) is 1. The maximum Gasteiger partial charge on any atom is 0.246 e. The summed E-state index contributed by atoms with van der Waals surface area (Å²) in [5.41, 5.74) is 10.7. The van der Waals surface area contributed by atoms with Crippen molar-refractivity contribution in [3.05, 3.63) is 77.2 Å². The molecule has 4 heterocycles. The number of nitrogens with one attached hydrogen (secondary N) is 2. The summed E-state index contributed by atoms with van der Waals surface area (Å²) in [7, 11) is 0. The number of hydrogen-bond donors (Lipinski definition) is 5. The molecular formula is C48H64N8O6S. The number of piperazine rings is 1. The summed E-state index contributed by atoms with van der Waals surface area (Å²) in [4.78, 5) is 60.2. The largest absolute Gasteiger partial charge is 0.507 e. The Morgan fingerprint density at radius 2 is 1.56 bits per heavy atom. The van der Waals surface area contributed by atoms with E-state index in [2.05, 4.69) is 44.1 Å². The molecule has 2 aliphatic rings. The van der Waals surface area contributed by atoms with Crippen LogP contribution >= 0.6 is 11.3 Å². The highest BCUT2D eigenvalue weighted by Crippen LogP contribution is 2.33. The fraction of sp³-hybridized carbons (Fsp3) is 0.500. The number of nitrogens with two attached hydrogens (primary N) is 1. The van der Waals surface area contributed by atoms with Gasteiger partial charge in [0.05, 0.1) is 17.5 Å². The van der Waals surface area contributed by atoms with E-state index in [-0.39, 0.29) is 42.3 Å². The van der Waals surface area contributed by atoms with Gasteiger partial charge in [0.2, 0.25) is 23.6 Å². The Hall–Kier alpha value is -5.54. The van der Waals surface area contributed by atoms with Gasteiger partial charge in [-0.2, -0.15) is 0 Å². The molecule has 0 aliphatic carbocycles. The summed E-state index contributed by atoms with van der Waals surface area (Å²) < 4.78 is 0. The van der Waals surface area contributed by atoms with Crippen molar-refractivity contribution in [2.24, 2.45) is 5.41 Å². The number of nitrogens with zero attached hydrogens (tertiary/aromatic N) is 5. The zero-order valence-corrected chi connectivity index (χ0v) is 38.0. The molecule has 3 atom stereocenters. The van der Waals surface area contributed by atoms with E-state index >= 15 is 0 Å². The summed E-state index contributed by atoms with van der Waals surface area (Å²) in [6.45, 7) is 10.5. The van der Waals surface area contributed by atoms with Gasteiger partial charge in [-0.05, 0) is 71.5 Å². The van der Waals surface area contributed by atoms with Gasteiger partial charge in [-0.15, -0.1) is 21.5 Å². The quantitative estimate of drug-likeness (QED) is 0.0695. The Labute approximate surface area is 375 Å². The highest BCUT2D eigenvalue weighted by Gasteiger charge is 2.44. The standard InChI is InChI=1S/C48H64N8O6S/c1-32-22-27-63-43(32)34-20-18-33(19-21-34)30-50-46(61)39-28-35(57)31-56(39)47(62)44(48(2,3)4)51-41(59)16-10-8-6-5-7-9-11-17-42(60)55-25-23-54(24-26-55)38-29-37(52-53-45(38)49)36-14-12-13-15-40(36)58/h12-15,18-22,27,29,35,39,44,57-58H,5-11,16-17,23-26,28,30-31H2,1-4H3,(H2,49,53)(H,50,61)(H,51,59)/t35-,39+,44-/m1/s1. The van der Waals surface area contributed by atoms with Gasteiger partial charge in [-0.25, -0.2) is 0 Å². The minimum Gasteiger partial charge on any atom is -0.507 e. The first-order valence-corrected chi connectivity index (χ1v) is 23.2. The lowest BCUT2D eigenvalue weighted by molar-refractivity contribution is -0.144. The van der Waals surface area contributed by atoms with Crippen LogP contribution in [0.2, 0.25) is 0 Å². The van der Waals surface area contributed by atoms with E-state index in [0.717, 1.165) is 55.3 Å². The number of rotatable bonds is 18. The molecule has 14 nitrogen and oxygen atoms in total. The first kappa shape index (κ1) is 47.0. The fourth-order valence-electron chi connectivity index (χ4n) is 8.37. The van der Waals surface area contributed by atoms with Crippen LogP contribution in [-0.4, -0.2) is 105 Å². The molecule has 2 fully saturated rings. The molecule has 2 saturated heterocycles. The zero-order chi connectivity index (χ0) is 45.1. The van der Waals surface area contributed by atoms with Crippen LogP contribution in [0.25, 0.3) is 21.7 Å². The van der Waals surface area contributed by atoms with E-state index in [9.17, 15) is 29.4 Å². The molecule has 338 valence electrons. The van der Waals surface area contributed by atoms with E-state index < -0.39 is 23.6 Å². The van der Waals surface area contributed by atoms with Crippen molar-refractivity contribution in [1.29, 1.82) is 0 Å². The monoisotopic (exact) mass is 880 g/mol. The first-order valence-electron chi connectivity index (χ1n) is 22.3. The van der Waals surface area contributed by atoms with Crippen molar-refractivity contribution >= 4 is 46.5 Å². The number of aromatic nitrogens is 2. The minimum absolute atomic E-state index is 0.0325. The predicted octanol–water partition coefficient (Wildman–Crippen LogP) is 6.44. The summed E-state index contributed by atoms with van der Waals surface area (Å²) in [6, 6.07) is 17.3. The van der Waals surface area contributed by atoms with E-state index in [1.54, 1.807) is 29.5 Å². The van der Waals surface area contributed by atoms with Crippen molar-refractivity contribution in [2.45, 2.75) is 117 Å². The molecule has 4 amide bonds. The smallest absolute Gasteiger partial charge is 0.246 e. The molecule has 15 heteroatoms. The first-order chi connectivity index (χ1) is 30.2. The topological polar surface area (TPSA) is 194 Å². The average molecular weight is 881 g/mol. The Balaban J connectivity index is 0.855. The number of likely N-dealkylation sites (tertiary alicyclic amines) is 1. The van der Waals surface area contributed by atoms with E-state index in [4.69, 9.17) is 5.73 Å². The number of aliphatic hydroxyl groups excluding tert-OH is 1. The van der Waals surface area contributed by atoms with Crippen molar-refractivity contribution in [3.63, 3.8) is 0 Å². The second-order valence-electron chi connectivity index (χ2n) is 18.0. The van der Waals surface area contributed by atoms with Gasteiger partial charge in [0, 0.05) is 69.0 Å². The number of hydrogen-bond acceptors (Lipinski definition) is 11. The summed E-state index contributed by atoms with van der Waals surface area (Å²) in [5.74, 6) is -0.304. The zero-order valence-electron chi connectivity index (χ0n) is 37.1. The van der Waals surface area contributed by atoms with Gasteiger partial charge in [0.1, 0.15) is 17.8 Å². The normalized spacial score (nSPS) is 17.1. The van der Waals surface area contributed by atoms with Gasteiger partial charge in [0.15, 0.2) is 5.82 Å².